The lowest BCUT2D eigenvalue weighted by Crippen LogP contribution is -2.37. The zero-order valence-corrected chi connectivity index (χ0v) is 11.5. The Hall–Kier alpha value is -2.15. The van der Waals surface area contributed by atoms with E-state index in [-0.39, 0.29) is 18.8 Å². The van der Waals surface area contributed by atoms with Crippen molar-refractivity contribution in [1.82, 2.24) is 0 Å². The van der Waals surface area contributed by atoms with Crippen molar-refractivity contribution in [3.8, 4) is 0 Å². The first kappa shape index (κ1) is 15.2. The van der Waals surface area contributed by atoms with Gasteiger partial charge in [-0.2, -0.15) is 0 Å². The summed E-state index contributed by atoms with van der Waals surface area (Å²) in [7, 11) is 0. The quantitative estimate of drug-likeness (QED) is 0.326. The minimum atomic E-state index is -1.09. The largest absolute Gasteiger partial charge is 0.481 e. The molecule has 0 radical (unpaired) electrons. The third kappa shape index (κ3) is 3.13. The van der Waals surface area contributed by atoms with Crippen molar-refractivity contribution in [2.45, 2.75) is 19.1 Å². The van der Waals surface area contributed by atoms with Gasteiger partial charge < -0.3 is 19.3 Å². The molecule has 114 valence electrons. The number of carboxylic acids is 1. The van der Waals surface area contributed by atoms with E-state index in [1.165, 1.54) is 6.92 Å². The summed E-state index contributed by atoms with van der Waals surface area (Å²) in [6, 6.07) is 0. The Bertz CT molecular complexity index is 507. The lowest BCUT2D eigenvalue weighted by Gasteiger charge is -2.20. The number of carbonyl (C=O) groups is 3. The molecular weight excluding hydrogens is 280 g/mol. The highest BCUT2D eigenvalue weighted by Gasteiger charge is 2.54. The molecule has 0 saturated carbocycles. The average Bonchev–Trinajstić information content (AvgIpc) is 3.03. The van der Waals surface area contributed by atoms with Gasteiger partial charge in [-0.25, -0.2) is 4.79 Å². The second kappa shape index (κ2) is 6.09. The predicted octanol–water partition coefficient (Wildman–Crippen LogP) is 0.303. The first-order valence-electron chi connectivity index (χ1n) is 6.47. The maximum Gasteiger partial charge on any atom is 0.333 e. The Morgan fingerprint density at radius 2 is 1.71 bits per heavy atom. The molecule has 1 saturated heterocycles. The Balaban J connectivity index is 1.83. The molecule has 2 heterocycles. The minimum absolute atomic E-state index is 0.104. The van der Waals surface area contributed by atoms with E-state index < -0.39 is 42.0 Å². The van der Waals surface area contributed by atoms with E-state index in [2.05, 4.69) is 6.58 Å². The van der Waals surface area contributed by atoms with Crippen LogP contribution < -0.4 is 0 Å². The molecule has 0 amide bonds. The predicted molar refractivity (Wildman–Crippen MR) is 69.1 cm³/mol. The summed E-state index contributed by atoms with van der Waals surface area (Å²) < 4.78 is 15.1. The van der Waals surface area contributed by atoms with E-state index >= 15 is 0 Å². The smallest absolute Gasteiger partial charge is 0.333 e. The Morgan fingerprint density at radius 1 is 1.14 bits per heavy atom. The van der Waals surface area contributed by atoms with Gasteiger partial charge in [0.25, 0.3) is 0 Å². The van der Waals surface area contributed by atoms with Crippen LogP contribution >= 0.6 is 0 Å². The van der Waals surface area contributed by atoms with Gasteiger partial charge in [-0.3, -0.25) is 9.59 Å². The van der Waals surface area contributed by atoms with Gasteiger partial charge in [0.05, 0.1) is 12.2 Å². The van der Waals surface area contributed by atoms with Gasteiger partial charge in [-0.15, -0.1) is 0 Å². The lowest BCUT2D eigenvalue weighted by atomic mass is 9.83. The number of rotatable bonds is 6. The highest BCUT2D eigenvalue weighted by atomic mass is 16.6. The fourth-order valence-electron chi connectivity index (χ4n) is 2.38. The van der Waals surface area contributed by atoms with Crippen molar-refractivity contribution in [1.29, 1.82) is 0 Å². The molecule has 2 aliphatic heterocycles. The van der Waals surface area contributed by atoms with E-state index in [1.54, 1.807) is 12.2 Å². The summed E-state index contributed by atoms with van der Waals surface area (Å²) in [6.07, 6.45) is 2.15. The molecule has 2 aliphatic rings. The zero-order chi connectivity index (χ0) is 15.6. The summed E-state index contributed by atoms with van der Waals surface area (Å²) in [5.41, 5.74) is 0.249. The third-order valence-electron chi connectivity index (χ3n) is 3.37. The molecular formula is C14H16O7. The Morgan fingerprint density at radius 3 is 2.29 bits per heavy atom. The molecule has 0 aromatic heterocycles. The lowest BCUT2D eigenvalue weighted by molar-refractivity contribution is -0.159. The van der Waals surface area contributed by atoms with E-state index in [0.717, 1.165) is 0 Å². The zero-order valence-electron chi connectivity index (χ0n) is 11.5. The van der Waals surface area contributed by atoms with Crippen LogP contribution in [0.2, 0.25) is 0 Å². The van der Waals surface area contributed by atoms with Crippen LogP contribution in [0, 0.1) is 11.8 Å². The number of carbonyl (C=O) groups excluding carboxylic acids is 2. The van der Waals surface area contributed by atoms with Gasteiger partial charge in [-0.1, -0.05) is 18.7 Å². The molecule has 2 rings (SSSR count). The highest BCUT2D eigenvalue weighted by Crippen LogP contribution is 2.39. The monoisotopic (exact) mass is 296 g/mol. The number of aliphatic carboxylic acids is 1. The number of hydrogen-bond acceptors (Lipinski definition) is 6. The van der Waals surface area contributed by atoms with Crippen molar-refractivity contribution < 1.29 is 33.7 Å². The molecule has 0 aromatic carbocycles. The van der Waals surface area contributed by atoms with Gasteiger partial charge >= 0.3 is 17.9 Å². The maximum atomic E-state index is 12.0. The van der Waals surface area contributed by atoms with Crippen molar-refractivity contribution in [3.05, 3.63) is 24.3 Å². The van der Waals surface area contributed by atoms with Crippen LogP contribution in [-0.4, -0.2) is 48.4 Å². The fraction of sp³-hybridized carbons (Fsp3) is 0.500. The van der Waals surface area contributed by atoms with E-state index in [0.29, 0.717) is 0 Å². The fourth-order valence-corrected chi connectivity index (χ4v) is 2.38. The van der Waals surface area contributed by atoms with Gasteiger partial charge in [0.1, 0.15) is 25.0 Å². The normalized spacial score (nSPS) is 29.2. The van der Waals surface area contributed by atoms with E-state index in [9.17, 15) is 14.4 Å². The van der Waals surface area contributed by atoms with Crippen LogP contribution in [0.3, 0.4) is 0 Å². The summed E-state index contributed by atoms with van der Waals surface area (Å²) in [5, 5.41) is 9.16. The number of ether oxygens (including phenoxy) is 3. The molecule has 4 atom stereocenters. The van der Waals surface area contributed by atoms with Gasteiger partial charge in [0, 0.05) is 5.57 Å². The second-order valence-corrected chi connectivity index (χ2v) is 4.92. The third-order valence-corrected chi connectivity index (χ3v) is 3.37. The van der Waals surface area contributed by atoms with Crippen LogP contribution in [0.1, 0.15) is 6.92 Å². The molecule has 0 unspecified atom stereocenters. The molecule has 7 heteroatoms. The maximum absolute atomic E-state index is 12.0. The number of fused-ring (bicyclic) bond motifs is 2. The molecule has 0 aliphatic carbocycles. The molecule has 1 N–H and O–H groups in total. The highest BCUT2D eigenvalue weighted by molar-refractivity contribution is 5.87. The molecule has 2 bridgehead atoms. The number of esters is 2. The first-order valence-corrected chi connectivity index (χ1v) is 6.47. The molecule has 0 aromatic rings. The molecule has 1 fully saturated rings. The SMILES string of the molecule is C=C(C)C(=O)OCCOC(=O)[C@H]1[C@@H](C(=O)O)[C@@H]2C=C[C@H]1O2. The summed E-state index contributed by atoms with van der Waals surface area (Å²) in [5.74, 6) is -4.13. The molecule has 21 heavy (non-hydrogen) atoms. The second-order valence-electron chi connectivity index (χ2n) is 4.92. The van der Waals surface area contributed by atoms with Gasteiger partial charge in [-0.05, 0) is 6.92 Å². The Kier molecular flexibility index (Phi) is 4.42. The van der Waals surface area contributed by atoms with Crippen molar-refractivity contribution in [3.63, 3.8) is 0 Å². The van der Waals surface area contributed by atoms with Crippen LogP contribution in [0.5, 0.6) is 0 Å². The topological polar surface area (TPSA) is 99.1 Å². The van der Waals surface area contributed by atoms with Crippen molar-refractivity contribution in [2.24, 2.45) is 11.8 Å². The average molecular weight is 296 g/mol. The van der Waals surface area contributed by atoms with Gasteiger partial charge in [0.2, 0.25) is 0 Å². The van der Waals surface area contributed by atoms with Crippen LogP contribution in [0.4, 0.5) is 0 Å². The first-order chi connectivity index (χ1) is 9.91. The summed E-state index contributed by atoms with van der Waals surface area (Å²) in [4.78, 5) is 34.3. The standard InChI is InChI=1S/C14H16O7/c1-7(2)13(17)19-5-6-20-14(18)11-9-4-3-8(21-9)10(11)12(15)16/h3-4,8-11H,1,5-6H2,2H3,(H,15,16)/t8-,9+,10-,11+/m0/s1. The van der Waals surface area contributed by atoms with Crippen LogP contribution in [0.25, 0.3) is 0 Å². The van der Waals surface area contributed by atoms with Crippen molar-refractivity contribution >= 4 is 17.9 Å². The van der Waals surface area contributed by atoms with Crippen LogP contribution in [0.15, 0.2) is 24.3 Å². The molecule has 7 nitrogen and oxygen atoms in total. The van der Waals surface area contributed by atoms with E-state index in [1.807, 2.05) is 0 Å². The molecule has 0 spiro atoms. The summed E-state index contributed by atoms with van der Waals surface area (Å²) >= 11 is 0. The number of carboxylic acid groups (broad SMARTS) is 1. The van der Waals surface area contributed by atoms with Crippen molar-refractivity contribution in [2.75, 3.05) is 13.2 Å². The number of hydrogen-bond donors (Lipinski definition) is 1. The van der Waals surface area contributed by atoms with Crippen LogP contribution in [-0.2, 0) is 28.6 Å². The van der Waals surface area contributed by atoms with Gasteiger partial charge in [0.15, 0.2) is 0 Å². The van der Waals surface area contributed by atoms with E-state index in [4.69, 9.17) is 19.3 Å². The summed E-state index contributed by atoms with van der Waals surface area (Å²) in [6.45, 7) is 4.68. The minimum Gasteiger partial charge on any atom is -0.481 e. The Labute approximate surface area is 121 Å².